The number of piperidine rings is 1. The number of rotatable bonds is 8. The van der Waals surface area contributed by atoms with Crippen molar-refractivity contribution in [2.24, 2.45) is 0 Å². The molecule has 0 spiro atoms. The standard InChI is InChI=1S/C18H27NO2/c1-2-3-4-5-6-15-21-18-9-7-16(8-10-18)19-13-11-17(20)12-14-19/h7-10H,2-6,11-15H2,1H3. The molecule has 0 unspecified atom stereocenters. The van der Waals surface area contributed by atoms with Crippen molar-refractivity contribution in [1.29, 1.82) is 0 Å². The molecule has 2 rings (SSSR count). The fourth-order valence-corrected chi connectivity index (χ4v) is 2.66. The Morgan fingerprint density at radius 1 is 1.00 bits per heavy atom. The first-order valence-corrected chi connectivity index (χ1v) is 8.29. The highest BCUT2D eigenvalue weighted by Gasteiger charge is 2.16. The van der Waals surface area contributed by atoms with E-state index in [0.29, 0.717) is 18.6 Å². The second-order valence-electron chi connectivity index (χ2n) is 5.78. The number of benzene rings is 1. The fourth-order valence-electron chi connectivity index (χ4n) is 2.66. The lowest BCUT2D eigenvalue weighted by atomic mass is 10.1. The third-order valence-electron chi connectivity index (χ3n) is 4.04. The highest BCUT2D eigenvalue weighted by molar-refractivity contribution is 5.81. The molecule has 0 aromatic heterocycles. The molecule has 1 fully saturated rings. The van der Waals surface area contributed by atoms with E-state index in [1.807, 2.05) is 12.1 Å². The number of Topliss-reactive ketones (excluding diaryl/α,β-unsaturated/α-hetero) is 1. The Morgan fingerprint density at radius 2 is 1.67 bits per heavy atom. The quantitative estimate of drug-likeness (QED) is 0.672. The summed E-state index contributed by atoms with van der Waals surface area (Å²) in [5.74, 6) is 1.33. The van der Waals surface area contributed by atoms with Crippen molar-refractivity contribution in [2.75, 3.05) is 24.6 Å². The van der Waals surface area contributed by atoms with Crippen LogP contribution in [0.2, 0.25) is 0 Å². The number of anilines is 1. The van der Waals surface area contributed by atoms with Crippen LogP contribution in [0.4, 0.5) is 5.69 Å². The van der Waals surface area contributed by atoms with Gasteiger partial charge in [0.15, 0.2) is 0 Å². The fraction of sp³-hybridized carbons (Fsp3) is 0.611. The minimum absolute atomic E-state index is 0.384. The number of hydrogen-bond donors (Lipinski definition) is 0. The molecule has 1 saturated heterocycles. The van der Waals surface area contributed by atoms with Gasteiger partial charge < -0.3 is 9.64 Å². The summed E-state index contributed by atoms with van der Waals surface area (Å²) in [4.78, 5) is 13.5. The van der Waals surface area contributed by atoms with Gasteiger partial charge in [-0.15, -0.1) is 0 Å². The molecule has 0 atom stereocenters. The van der Waals surface area contributed by atoms with Crippen molar-refractivity contribution in [1.82, 2.24) is 0 Å². The predicted molar refractivity (Wildman–Crippen MR) is 87.2 cm³/mol. The van der Waals surface area contributed by atoms with Gasteiger partial charge in [0.2, 0.25) is 0 Å². The Balaban J connectivity index is 1.70. The second-order valence-corrected chi connectivity index (χ2v) is 5.78. The summed E-state index contributed by atoms with van der Waals surface area (Å²) in [7, 11) is 0. The Hall–Kier alpha value is -1.51. The zero-order valence-corrected chi connectivity index (χ0v) is 13.1. The predicted octanol–water partition coefficient (Wildman–Crippen LogP) is 4.21. The Labute approximate surface area is 128 Å². The van der Waals surface area contributed by atoms with Crippen LogP contribution in [0.25, 0.3) is 0 Å². The van der Waals surface area contributed by atoms with E-state index in [2.05, 4.69) is 24.0 Å². The first kappa shape index (κ1) is 15.9. The minimum Gasteiger partial charge on any atom is -0.494 e. The molecular formula is C18H27NO2. The first-order valence-electron chi connectivity index (χ1n) is 8.29. The topological polar surface area (TPSA) is 29.5 Å². The summed E-state index contributed by atoms with van der Waals surface area (Å²) in [6.45, 7) is 4.73. The lowest BCUT2D eigenvalue weighted by Crippen LogP contribution is -2.33. The van der Waals surface area contributed by atoms with Gasteiger partial charge in [-0.1, -0.05) is 32.6 Å². The molecule has 0 aliphatic carbocycles. The second kappa shape index (κ2) is 8.71. The number of hydrogen-bond acceptors (Lipinski definition) is 3. The summed E-state index contributed by atoms with van der Waals surface area (Å²) >= 11 is 0. The molecule has 0 N–H and O–H groups in total. The monoisotopic (exact) mass is 289 g/mol. The van der Waals surface area contributed by atoms with E-state index in [4.69, 9.17) is 4.74 Å². The lowest BCUT2D eigenvalue weighted by molar-refractivity contribution is -0.119. The highest BCUT2D eigenvalue weighted by Crippen LogP contribution is 2.22. The van der Waals surface area contributed by atoms with E-state index in [1.54, 1.807) is 0 Å². The van der Waals surface area contributed by atoms with Crippen LogP contribution in [0.1, 0.15) is 51.9 Å². The Kier molecular flexibility index (Phi) is 6.58. The average molecular weight is 289 g/mol. The third-order valence-corrected chi connectivity index (χ3v) is 4.04. The number of nitrogens with zero attached hydrogens (tertiary/aromatic N) is 1. The molecule has 1 heterocycles. The summed E-state index contributed by atoms with van der Waals surface area (Å²) < 4.78 is 5.77. The molecule has 116 valence electrons. The number of carbonyl (C=O) groups excluding carboxylic acids is 1. The summed E-state index contributed by atoms with van der Waals surface area (Å²) in [5.41, 5.74) is 1.19. The van der Waals surface area contributed by atoms with E-state index in [-0.39, 0.29) is 0 Å². The number of carbonyl (C=O) groups is 1. The van der Waals surface area contributed by atoms with Gasteiger partial charge in [-0.2, -0.15) is 0 Å². The first-order chi connectivity index (χ1) is 10.3. The maximum Gasteiger partial charge on any atom is 0.136 e. The molecule has 1 aliphatic rings. The summed E-state index contributed by atoms with van der Waals surface area (Å²) in [5, 5.41) is 0. The van der Waals surface area contributed by atoms with Crippen LogP contribution in [0.3, 0.4) is 0 Å². The van der Waals surface area contributed by atoms with Crippen molar-refractivity contribution < 1.29 is 9.53 Å². The third kappa shape index (κ3) is 5.41. The normalized spacial score (nSPS) is 15.3. The number of unbranched alkanes of at least 4 members (excludes halogenated alkanes) is 4. The SMILES string of the molecule is CCCCCCCOc1ccc(N2CCC(=O)CC2)cc1. The number of ether oxygens (including phenoxy) is 1. The average Bonchev–Trinajstić information content (AvgIpc) is 2.52. The molecule has 1 aromatic rings. The molecule has 3 heteroatoms. The molecule has 1 aromatic carbocycles. The number of ketones is 1. The van der Waals surface area contributed by atoms with Gasteiger partial charge in [0.25, 0.3) is 0 Å². The van der Waals surface area contributed by atoms with Crippen LogP contribution in [0.5, 0.6) is 5.75 Å². The molecule has 1 aliphatic heterocycles. The van der Waals surface area contributed by atoms with Gasteiger partial charge in [0.05, 0.1) is 6.61 Å². The van der Waals surface area contributed by atoms with Gasteiger partial charge in [-0.3, -0.25) is 4.79 Å². The highest BCUT2D eigenvalue weighted by atomic mass is 16.5. The lowest BCUT2D eigenvalue weighted by Gasteiger charge is -2.28. The molecule has 0 saturated carbocycles. The van der Waals surface area contributed by atoms with Crippen molar-refractivity contribution >= 4 is 11.5 Å². The van der Waals surface area contributed by atoms with Crippen LogP contribution in [0.15, 0.2) is 24.3 Å². The summed E-state index contributed by atoms with van der Waals surface area (Å²) in [6.07, 6.45) is 7.67. The van der Waals surface area contributed by atoms with Gasteiger partial charge in [0, 0.05) is 31.6 Å². The van der Waals surface area contributed by atoms with Gasteiger partial charge in [0.1, 0.15) is 11.5 Å². The Morgan fingerprint density at radius 3 is 2.33 bits per heavy atom. The van der Waals surface area contributed by atoms with E-state index >= 15 is 0 Å². The van der Waals surface area contributed by atoms with E-state index < -0.39 is 0 Å². The zero-order valence-electron chi connectivity index (χ0n) is 13.1. The maximum absolute atomic E-state index is 11.3. The van der Waals surface area contributed by atoms with Crippen LogP contribution in [0, 0.1) is 0 Å². The largest absolute Gasteiger partial charge is 0.494 e. The molecule has 0 amide bonds. The molecule has 21 heavy (non-hydrogen) atoms. The molecule has 3 nitrogen and oxygen atoms in total. The smallest absolute Gasteiger partial charge is 0.136 e. The van der Waals surface area contributed by atoms with Crippen LogP contribution >= 0.6 is 0 Å². The van der Waals surface area contributed by atoms with Crippen molar-refractivity contribution in [3.8, 4) is 5.75 Å². The molecule has 0 bridgehead atoms. The van der Waals surface area contributed by atoms with Crippen LogP contribution in [-0.2, 0) is 4.79 Å². The van der Waals surface area contributed by atoms with E-state index in [9.17, 15) is 4.79 Å². The van der Waals surface area contributed by atoms with Gasteiger partial charge in [-0.25, -0.2) is 0 Å². The van der Waals surface area contributed by atoms with Gasteiger partial charge in [-0.05, 0) is 30.7 Å². The molecular weight excluding hydrogens is 262 g/mol. The summed E-state index contributed by atoms with van der Waals surface area (Å²) in [6, 6.07) is 8.28. The van der Waals surface area contributed by atoms with E-state index in [1.165, 1.54) is 31.4 Å². The van der Waals surface area contributed by atoms with E-state index in [0.717, 1.165) is 31.9 Å². The zero-order chi connectivity index (χ0) is 14.9. The Bertz CT molecular complexity index is 417. The maximum atomic E-state index is 11.3. The van der Waals surface area contributed by atoms with Crippen molar-refractivity contribution in [3.05, 3.63) is 24.3 Å². The van der Waals surface area contributed by atoms with Crippen molar-refractivity contribution in [3.63, 3.8) is 0 Å². The molecule has 0 radical (unpaired) electrons. The van der Waals surface area contributed by atoms with Crippen molar-refractivity contribution in [2.45, 2.75) is 51.9 Å². The minimum atomic E-state index is 0.384. The van der Waals surface area contributed by atoms with Crippen LogP contribution in [-0.4, -0.2) is 25.5 Å². The van der Waals surface area contributed by atoms with Gasteiger partial charge >= 0.3 is 0 Å². The van der Waals surface area contributed by atoms with Crippen LogP contribution < -0.4 is 9.64 Å².